The average Bonchev–Trinajstić information content (AvgIpc) is 2.69. The lowest BCUT2D eigenvalue weighted by molar-refractivity contribution is -0.128. The second-order valence-electron chi connectivity index (χ2n) is 8.00. The second kappa shape index (κ2) is 9.05. The molecule has 148 valence electrons. The van der Waals surface area contributed by atoms with Gasteiger partial charge in [0.25, 0.3) is 0 Å². The van der Waals surface area contributed by atoms with Gasteiger partial charge in [0, 0.05) is 24.1 Å². The molecule has 2 aromatic rings. The van der Waals surface area contributed by atoms with E-state index in [4.69, 9.17) is 0 Å². The quantitative estimate of drug-likeness (QED) is 0.794. The van der Waals surface area contributed by atoms with Crippen molar-refractivity contribution in [2.45, 2.75) is 53.0 Å². The Labute approximate surface area is 167 Å². The number of benzene rings is 2. The molecule has 1 aliphatic carbocycles. The van der Waals surface area contributed by atoms with Crippen molar-refractivity contribution in [1.29, 1.82) is 0 Å². The summed E-state index contributed by atoms with van der Waals surface area (Å²) in [7, 11) is 0. The first-order chi connectivity index (χ1) is 13.4. The third-order valence-corrected chi connectivity index (χ3v) is 5.82. The van der Waals surface area contributed by atoms with Gasteiger partial charge in [-0.15, -0.1) is 0 Å². The first kappa shape index (κ1) is 20.1. The first-order valence-corrected chi connectivity index (χ1v) is 10.1. The van der Waals surface area contributed by atoms with E-state index in [2.05, 4.69) is 29.7 Å². The van der Waals surface area contributed by atoms with Crippen LogP contribution < -0.4 is 10.6 Å². The molecule has 4 heteroatoms. The maximum atomic E-state index is 12.6. The Bertz CT molecular complexity index is 851. The molecular formula is C24H30N2O2. The van der Waals surface area contributed by atoms with Crippen LogP contribution in [0.3, 0.4) is 0 Å². The molecule has 0 aliphatic heterocycles. The number of hydrogen-bond acceptors (Lipinski definition) is 2. The van der Waals surface area contributed by atoms with E-state index in [1.54, 1.807) is 0 Å². The Morgan fingerprint density at radius 1 is 0.857 bits per heavy atom. The zero-order valence-corrected chi connectivity index (χ0v) is 17.0. The number of anilines is 1. The highest BCUT2D eigenvalue weighted by Gasteiger charge is 2.30. The van der Waals surface area contributed by atoms with Gasteiger partial charge in [0.2, 0.25) is 11.8 Å². The van der Waals surface area contributed by atoms with Crippen molar-refractivity contribution in [3.63, 3.8) is 0 Å². The van der Waals surface area contributed by atoms with Gasteiger partial charge < -0.3 is 10.6 Å². The molecule has 3 rings (SSSR count). The minimum Gasteiger partial charge on any atom is -0.352 e. The fourth-order valence-electron chi connectivity index (χ4n) is 3.94. The molecule has 0 aromatic heterocycles. The lowest BCUT2D eigenvalue weighted by Crippen LogP contribution is -2.35. The first-order valence-electron chi connectivity index (χ1n) is 10.1. The number of aryl methyl sites for hydroxylation is 3. The lowest BCUT2D eigenvalue weighted by Gasteiger charge is -2.27. The predicted octanol–water partition coefficient (Wildman–Crippen LogP) is 4.67. The lowest BCUT2D eigenvalue weighted by atomic mass is 9.81. The van der Waals surface area contributed by atoms with Gasteiger partial charge in [0.05, 0.1) is 0 Å². The highest BCUT2D eigenvalue weighted by atomic mass is 16.2. The van der Waals surface area contributed by atoms with E-state index in [9.17, 15) is 9.59 Å². The van der Waals surface area contributed by atoms with E-state index in [1.165, 1.54) is 11.1 Å². The van der Waals surface area contributed by atoms with Crippen LogP contribution in [0.15, 0.2) is 42.5 Å². The number of carbonyl (C=O) groups is 2. The van der Waals surface area contributed by atoms with Gasteiger partial charge in [-0.05, 0) is 69.2 Å². The van der Waals surface area contributed by atoms with Crippen LogP contribution in [0.25, 0.3) is 0 Å². The minimum atomic E-state index is -0.0129. The van der Waals surface area contributed by atoms with Gasteiger partial charge in [0.1, 0.15) is 0 Å². The number of rotatable bonds is 5. The summed E-state index contributed by atoms with van der Waals surface area (Å²) in [5.74, 6) is 0.178. The van der Waals surface area contributed by atoms with Gasteiger partial charge in [-0.1, -0.05) is 42.0 Å². The monoisotopic (exact) mass is 378 g/mol. The number of carbonyl (C=O) groups excluding carboxylic acids is 2. The molecule has 4 nitrogen and oxygen atoms in total. The van der Waals surface area contributed by atoms with Gasteiger partial charge >= 0.3 is 0 Å². The molecule has 0 heterocycles. The van der Waals surface area contributed by atoms with Crippen molar-refractivity contribution >= 4 is 17.5 Å². The van der Waals surface area contributed by atoms with Crippen molar-refractivity contribution in [1.82, 2.24) is 5.32 Å². The fourth-order valence-corrected chi connectivity index (χ4v) is 3.94. The summed E-state index contributed by atoms with van der Waals surface area (Å²) >= 11 is 0. The topological polar surface area (TPSA) is 58.2 Å². The second-order valence-corrected chi connectivity index (χ2v) is 8.00. The SMILES string of the molecule is Cc1ccc(NC(=O)C2CCC(C(=O)NCc3ccccc3C)CC2)c(C)c1. The summed E-state index contributed by atoms with van der Waals surface area (Å²) in [6, 6.07) is 14.2. The van der Waals surface area contributed by atoms with Crippen LogP contribution in [0.1, 0.15) is 47.9 Å². The maximum Gasteiger partial charge on any atom is 0.227 e. The van der Waals surface area contributed by atoms with E-state index in [-0.39, 0.29) is 23.7 Å². The molecule has 0 unspecified atom stereocenters. The molecule has 0 atom stereocenters. The Morgan fingerprint density at radius 2 is 1.50 bits per heavy atom. The smallest absolute Gasteiger partial charge is 0.227 e. The third-order valence-electron chi connectivity index (χ3n) is 5.82. The molecule has 1 saturated carbocycles. The fraction of sp³-hybridized carbons (Fsp3) is 0.417. The van der Waals surface area contributed by atoms with E-state index in [0.717, 1.165) is 42.5 Å². The average molecular weight is 379 g/mol. The van der Waals surface area contributed by atoms with Gasteiger partial charge in [0.15, 0.2) is 0 Å². The zero-order valence-electron chi connectivity index (χ0n) is 17.0. The van der Waals surface area contributed by atoms with Gasteiger partial charge in [-0.25, -0.2) is 0 Å². The molecule has 0 saturated heterocycles. The summed E-state index contributed by atoms with van der Waals surface area (Å²) in [6.07, 6.45) is 3.06. The number of amides is 2. The summed E-state index contributed by atoms with van der Waals surface area (Å²) in [5, 5.41) is 6.13. The molecule has 0 spiro atoms. The molecule has 28 heavy (non-hydrogen) atoms. The van der Waals surface area contributed by atoms with Gasteiger partial charge in [-0.2, -0.15) is 0 Å². The molecule has 2 amide bonds. The van der Waals surface area contributed by atoms with Crippen LogP contribution >= 0.6 is 0 Å². The van der Waals surface area contributed by atoms with Crippen molar-refractivity contribution in [3.8, 4) is 0 Å². The highest BCUT2D eigenvalue weighted by molar-refractivity contribution is 5.93. The molecule has 0 radical (unpaired) electrons. The summed E-state index contributed by atoms with van der Waals surface area (Å²) in [6.45, 7) is 6.68. The molecule has 1 aliphatic rings. The van der Waals surface area contributed by atoms with Crippen molar-refractivity contribution in [2.24, 2.45) is 11.8 Å². The maximum absolute atomic E-state index is 12.6. The Balaban J connectivity index is 1.47. The van der Waals surface area contributed by atoms with Crippen LogP contribution in [-0.4, -0.2) is 11.8 Å². The van der Waals surface area contributed by atoms with Crippen LogP contribution in [0.5, 0.6) is 0 Å². The molecule has 2 N–H and O–H groups in total. The minimum absolute atomic E-state index is 0.00850. The van der Waals surface area contributed by atoms with E-state index in [1.807, 2.05) is 44.2 Å². The molecule has 2 aromatic carbocycles. The predicted molar refractivity (Wildman–Crippen MR) is 113 cm³/mol. The standard InChI is InChI=1S/C24H30N2O2/c1-16-8-13-22(18(3)14-16)26-24(28)20-11-9-19(10-12-20)23(27)25-15-21-7-5-4-6-17(21)2/h4-8,13-14,19-20H,9-12,15H2,1-3H3,(H,25,27)(H,26,28). The van der Waals surface area contributed by atoms with Gasteiger partial charge in [-0.3, -0.25) is 9.59 Å². The summed E-state index contributed by atoms with van der Waals surface area (Å²) in [5.41, 5.74) is 5.49. The summed E-state index contributed by atoms with van der Waals surface area (Å²) < 4.78 is 0. The molecule has 0 bridgehead atoms. The van der Waals surface area contributed by atoms with E-state index < -0.39 is 0 Å². The van der Waals surface area contributed by atoms with Crippen molar-refractivity contribution in [2.75, 3.05) is 5.32 Å². The Hall–Kier alpha value is -2.62. The zero-order chi connectivity index (χ0) is 20.1. The Kier molecular flexibility index (Phi) is 6.50. The Morgan fingerprint density at radius 3 is 2.14 bits per heavy atom. The largest absolute Gasteiger partial charge is 0.352 e. The van der Waals surface area contributed by atoms with Crippen LogP contribution in [-0.2, 0) is 16.1 Å². The number of nitrogens with one attached hydrogen (secondary N) is 2. The van der Waals surface area contributed by atoms with E-state index >= 15 is 0 Å². The molecular weight excluding hydrogens is 348 g/mol. The van der Waals surface area contributed by atoms with Crippen LogP contribution in [0.2, 0.25) is 0 Å². The number of hydrogen-bond donors (Lipinski definition) is 2. The molecule has 1 fully saturated rings. The van der Waals surface area contributed by atoms with Crippen molar-refractivity contribution in [3.05, 3.63) is 64.7 Å². The normalized spacial score (nSPS) is 19.1. The van der Waals surface area contributed by atoms with Crippen molar-refractivity contribution < 1.29 is 9.59 Å². The van der Waals surface area contributed by atoms with E-state index in [0.29, 0.717) is 6.54 Å². The third kappa shape index (κ3) is 5.00. The highest BCUT2D eigenvalue weighted by Crippen LogP contribution is 2.30. The van der Waals surface area contributed by atoms with Crippen LogP contribution in [0, 0.1) is 32.6 Å². The summed E-state index contributed by atoms with van der Waals surface area (Å²) in [4.78, 5) is 25.1. The van der Waals surface area contributed by atoms with Crippen LogP contribution in [0.4, 0.5) is 5.69 Å².